The lowest BCUT2D eigenvalue weighted by Gasteiger charge is -2.20. The average molecular weight is 337 g/mol. The van der Waals surface area contributed by atoms with E-state index in [4.69, 9.17) is 14.2 Å². The molecular formula is C16H23N3O5. The van der Waals surface area contributed by atoms with Gasteiger partial charge in [0, 0.05) is 19.0 Å². The minimum atomic E-state index is -0.452. The van der Waals surface area contributed by atoms with Gasteiger partial charge in [0.05, 0.1) is 25.9 Å². The number of ether oxygens (including phenoxy) is 3. The van der Waals surface area contributed by atoms with Crippen molar-refractivity contribution in [1.82, 2.24) is 9.55 Å². The Hall–Kier alpha value is -1.93. The van der Waals surface area contributed by atoms with Crippen LogP contribution in [0.3, 0.4) is 0 Å². The van der Waals surface area contributed by atoms with Crippen molar-refractivity contribution in [2.24, 2.45) is 5.92 Å². The van der Waals surface area contributed by atoms with Crippen molar-refractivity contribution in [2.45, 2.75) is 38.5 Å². The zero-order valence-electron chi connectivity index (χ0n) is 13.8. The van der Waals surface area contributed by atoms with E-state index in [1.165, 1.54) is 29.8 Å². The van der Waals surface area contributed by atoms with Gasteiger partial charge in [-0.15, -0.1) is 0 Å². The Balaban J connectivity index is 1.63. The van der Waals surface area contributed by atoms with Crippen LogP contribution < -0.4 is 10.9 Å². The van der Waals surface area contributed by atoms with Crippen molar-refractivity contribution in [3.8, 4) is 0 Å². The molecule has 2 aliphatic rings. The first kappa shape index (κ1) is 16.9. The summed E-state index contributed by atoms with van der Waals surface area (Å²) in [5.74, 6) is 0.409. The molecule has 2 atom stereocenters. The summed E-state index contributed by atoms with van der Waals surface area (Å²) in [5, 5.41) is 3.10. The molecule has 1 saturated heterocycles. The molecule has 1 saturated carbocycles. The van der Waals surface area contributed by atoms with Gasteiger partial charge in [-0.05, 0) is 25.7 Å². The first-order chi connectivity index (χ1) is 11.7. The first-order valence-electron chi connectivity index (χ1n) is 8.34. The number of carbonyl (C=O) groups excluding carboxylic acids is 1. The van der Waals surface area contributed by atoms with Crippen molar-refractivity contribution >= 4 is 11.8 Å². The van der Waals surface area contributed by atoms with Crippen molar-refractivity contribution in [2.75, 3.05) is 31.7 Å². The Morgan fingerprint density at radius 3 is 3.04 bits per heavy atom. The van der Waals surface area contributed by atoms with E-state index >= 15 is 0 Å². The zero-order valence-corrected chi connectivity index (χ0v) is 13.8. The van der Waals surface area contributed by atoms with E-state index in [0.29, 0.717) is 19.1 Å². The fourth-order valence-corrected chi connectivity index (χ4v) is 2.57. The first-order valence-corrected chi connectivity index (χ1v) is 8.34. The molecule has 24 heavy (non-hydrogen) atoms. The predicted octanol–water partition coefficient (Wildman–Crippen LogP) is 0.412. The Labute approximate surface area is 140 Å². The fraction of sp³-hybridized carbons (Fsp3) is 0.688. The van der Waals surface area contributed by atoms with Crippen LogP contribution in [0.25, 0.3) is 0 Å². The van der Waals surface area contributed by atoms with Gasteiger partial charge in [-0.25, -0.2) is 4.98 Å². The highest BCUT2D eigenvalue weighted by atomic mass is 16.5. The second-order valence-electron chi connectivity index (χ2n) is 6.12. The highest BCUT2D eigenvalue weighted by molar-refractivity contribution is 5.69. The van der Waals surface area contributed by atoms with E-state index in [0.717, 1.165) is 6.61 Å². The van der Waals surface area contributed by atoms with Crippen LogP contribution in [0.2, 0.25) is 0 Å². The van der Waals surface area contributed by atoms with Gasteiger partial charge in [0.1, 0.15) is 12.6 Å². The smallest absolute Gasteiger partial charge is 0.326 e. The average Bonchev–Trinajstić information content (AvgIpc) is 3.29. The van der Waals surface area contributed by atoms with Gasteiger partial charge in [-0.2, -0.15) is 0 Å². The summed E-state index contributed by atoms with van der Waals surface area (Å²) < 4.78 is 17.5. The van der Waals surface area contributed by atoms with Crippen LogP contribution in [-0.4, -0.2) is 54.1 Å². The third kappa shape index (κ3) is 4.33. The van der Waals surface area contributed by atoms with E-state index in [9.17, 15) is 9.59 Å². The molecule has 1 N–H and O–H groups in total. The molecule has 8 heteroatoms. The molecule has 3 rings (SSSR count). The molecule has 132 valence electrons. The maximum Gasteiger partial charge on any atom is 0.326 e. The normalized spacial score (nSPS) is 23.2. The summed E-state index contributed by atoms with van der Waals surface area (Å²) in [4.78, 5) is 28.1. The number of hydrogen-bond donors (Lipinski definition) is 1. The van der Waals surface area contributed by atoms with E-state index in [1.807, 2.05) is 0 Å². The van der Waals surface area contributed by atoms with Crippen LogP contribution in [0.15, 0.2) is 17.2 Å². The molecule has 0 unspecified atom stereocenters. The highest BCUT2D eigenvalue weighted by Crippen LogP contribution is 2.30. The minimum absolute atomic E-state index is 0.0921. The van der Waals surface area contributed by atoms with Crippen LogP contribution in [0.4, 0.5) is 5.82 Å². The van der Waals surface area contributed by atoms with Crippen LogP contribution >= 0.6 is 0 Å². The highest BCUT2D eigenvalue weighted by Gasteiger charge is 2.32. The number of nitrogens with one attached hydrogen (secondary N) is 1. The summed E-state index contributed by atoms with van der Waals surface area (Å²) in [7, 11) is 0. The third-order valence-electron chi connectivity index (χ3n) is 4.11. The summed E-state index contributed by atoms with van der Waals surface area (Å²) in [6.07, 6.45) is 5.32. The molecule has 1 aliphatic carbocycles. The molecule has 1 aromatic heterocycles. The van der Waals surface area contributed by atoms with Gasteiger partial charge in [0.2, 0.25) is 0 Å². The lowest BCUT2D eigenvalue weighted by molar-refractivity contribution is -0.143. The standard InChI is InChI=1S/C16H23N3O5/c1-2-23-14(20)7-19-6-5-17-15(16(19)21)18-12-9-22-10-13(12)24-8-11-3-4-11/h5-6,11-13H,2-4,7-10H2,1H3,(H,17,18)/t12-,13-/m1/s1. The summed E-state index contributed by atoms with van der Waals surface area (Å²) in [6.45, 7) is 3.58. The summed E-state index contributed by atoms with van der Waals surface area (Å²) in [6, 6.07) is -0.123. The van der Waals surface area contributed by atoms with Crippen LogP contribution in [0.1, 0.15) is 19.8 Å². The zero-order chi connectivity index (χ0) is 16.9. The molecule has 0 spiro atoms. The predicted molar refractivity (Wildman–Crippen MR) is 85.8 cm³/mol. The Morgan fingerprint density at radius 2 is 2.29 bits per heavy atom. The monoisotopic (exact) mass is 337 g/mol. The summed E-state index contributed by atoms with van der Waals surface area (Å²) >= 11 is 0. The van der Waals surface area contributed by atoms with E-state index in [2.05, 4.69) is 10.3 Å². The number of carbonyl (C=O) groups is 1. The van der Waals surface area contributed by atoms with Gasteiger partial charge in [0.15, 0.2) is 5.82 Å². The molecule has 0 radical (unpaired) electrons. The van der Waals surface area contributed by atoms with Gasteiger partial charge in [-0.3, -0.25) is 14.2 Å². The quantitative estimate of drug-likeness (QED) is 0.687. The number of esters is 1. The Morgan fingerprint density at radius 1 is 1.46 bits per heavy atom. The van der Waals surface area contributed by atoms with Gasteiger partial charge < -0.3 is 19.5 Å². The van der Waals surface area contributed by atoms with E-state index in [1.54, 1.807) is 6.92 Å². The molecular weight excluding hydrogens is 314 g/mol. The summed E-state index contributed by atoms with van der Waals surface area (Å²) in [5.41, 5.74) is -0.363. The van der Waals surface area contributed by atoms with E-state index < -0.39 is 5.97 Å². The number of hydrogen-bond acceptors (Lipinski definition) is 7. The van der Waals surface area contributed by atoms with Crippen LogP contribution in [0, 0.1) is 5.92 Å². The van der Waals surface area contributed by atoms with Gasteiger partial charge in [-0.1, -0.05) is 0 Å². The molecule has 0 bridgehead atoms. The SMILES string of the molecule is CCOC(=O)Cn1ccnc(N[C@@H]2COC[C@H]2OCC2CC2)c1=O. The van der Waals surface area contributed by atoms with Crippen LogP contribution in [-0.2, 0) is 25.5 Å². The van der Waals surface area contributed by atoms with Crippen molar-refractivity contribution in [1.29, 1.82) is 0 Å². The van der Waals surface area contributed by atoms with Crippen LogP contribution in [0.5, 0.6) is 0 Å². The largest absolute Gasteiger partial charge is 0.465 e. The number of rotatable bonds is 8. The molecule has 1 aliphatic heterocycles. The molecule has 1 aromatic rings. The second-order valence-corrected chi connectivity index (χ2v) is 6.12. The van der Waals surface area contributed by atoms with Gasteiger partial charge >= 0.3 is 5.97 Å². The topological polar surface area (TPSA) is 91.7 Å². The number of nitrogens with zero attached hydrogens (tertiary/aromatic N) is 2. The fourth-order valence-electron chi connectivity index (χ4n) is 2.57. The lowest BCUT2D eigenvalue weighted by Crippen LogP contribution is -2.38. The van der Waals surface area contributed by atoms with Crippen molar-refractivity contribution in [3.05, 3.63) is 22.7 Å². The molecule has 8 nitrogen and oxygen atoms in total. The molecule has 0 aromatic carbocycles. The maximum absolute atomic E-state index is 12.4. The van der Waals surface area contributed by atoms with Crippen molar-refractivity contribution in [3.63, 3.8) is 0 Å². The Bertz CT molecular complexity index is 628. The van der Waals surface area contributed by atoms with Crippen molar-refractivity contribution < 1.29 is 19.0 Å². The second kappa shape index (κ2) is 7.76. The Kier molecular flexibility index (Phi) is 5.47. The molecule has 0 amide bonds. The lowest BCUT2D eigenvalue weighted by atomic mass is 10.2. The minimum Gasteiger partial charge on any atom is -0.465 e. The molecule has 2 heterocycles. The third-order valence-corrected chi connectivity index (χ3v) is 4.11. The van der Waals surface area contributed by atoms with Gasteiger partial charge in [0.25, 0.3) is 5.56 Å². The van der Waals surface area contributed by atoms with E-state index in [-0.39, 0.29) is 36.7 Å². The number of anilines is 1. The number of aromatic nitrogens is 2. The molecule has 2 fully saturated rings. The maximum atomic E-state index is 12.4.